The third kappa shape index (κ3) is 4.09. The Hall–Kier alpha value is -0.570. The number of carbonyl (C=O) groups is 1. The van der Waals surface area contributed by atoms with E-state index < -0.39 is 0 Å². The van der Waals surface area contributed by atoms with Gasteiger partial charge in [-0.1, -0.05) is 13.3 Å². The molecule has 0 aliphatic heterocycles. The first-order valence-electron chi connectivity index (χ1n) is 5.68. The lowest BCUT2D eigenvalue weighted by atomic mass is 10.2. The monoisotopic (exact) mass is 199 g/mol. The average Bonchev–Trinajstić information content (AvgIpc) is 2.85. The molecule has 14 heavy (non-hydrogen) atoms. The second-order valence-electron chi connectivity index (χ2n) is 4.14. The van der Waals surface area contributed by atoms with E-state index in [-0.39, 0.29) is 12.5 Å². The molecule has 82 valence electrons. The summed E-state index contributed by atoms with van der Waals surface area (Å²) in [5, 5.41) is 11.6. The van der Waals surface area contributed by atoms with Gasteiger partial charge in [0.05, 0.1) is 0 Å². The van der Waals surface area contributed by atoms with E-state index in [1.54, 1.807) is 0 Å². The Bertz CT molecular complexity index is 182. The molecule has 1 aliphatic carbocycles. The molecule has 0 aromatic carbocycles. The van der Waals surface area contributed by atoms with Gasteiger partial charge < -0.3 is 10.4 Å². The number of rotatable bonds is 7. The minimum atomic E-state index is 0.155. The number of aliphatic hydroxyl groups excluding tert-OH is 1. The van der Waals surface area contributed by atoms with Crippen LogP contribution in [0.3, 0.4) is 0 Å². The molecule has 3 heteroatoms. The van der Waals surface area contributed by atoms with Gasteiger partial charge in [-0.3, -0.25) is 4.79 Å². The largest absolute Gasteiger partial charge is 0.396 e. The van der Waals surface area contributed by atoms with Gasteiger partial charge in [0.2, 0.25) is 5.91 Å². The molecule has 0 aromatic heterocycles. The third-order valence-corrected chi connectivity index (χ3v) is 2.74. The topological polar surface area (TPSA) is 49.3 Å². The first kappa shape index (κ1) is 11.5. The smallest absolute Gasteiger partial charge is 0.220 e. The zero-order chi connectivity index (χ0) is 10.4. The zero-order valence-electron chi connectivity index (χ0n) is 8.96. The highest BCUT2D eigenvalue weighted by molar-refractivity contribution is 5.76. The number of hydrogen-bond acceptors (Lipinski definition) is 2. The molecule has 1 saturated carbocycles. The molecule has 2 unspecified atom stereocenters. The van der Waals surface area contributed by atoms with Crippen molar-refractivity contribution >= 4 is 5.91 Å². The maximum absolute atomic E-state index is 11.3. The minimum absolute atomic E-state index is 0.155. The summed E-state index contributed by atoms with van der Waals surface area (Å²) in [6, 6.07) is 0.455. The lowest BCUT2D eigenvalue weighted by molar-refractivity contribution is -0.121. The minimum Gasteiger partial charge on any atom is -0.396 e. The van der Waals surface area contributed by atoms with Crippen LogP contribution in [0.25, 0.3) is 0 Å². The second-order valence-corrected chi connectivity index (χ2v) is 4.14. The summed E-state index contributed by atoms with van der Waals surface area (Å²) < 4.78 is 0. The Kier molecular flexibility index (Phi) is 4.94. The Balaban J connectivity index is 1.99. The van der Waals surface area contributed by atoms with Crippen LogP contribution in [0.2, 0.25) is 0 Å². The normalized spacial score (nSPS) is 24.7. The van der Waals surface area contributed by atoms with Crippen LogP contribution in [0.1, 0.15) is 45.4 Å². The molecular formula is C11H21NO2. The highest BCUT2D eigenvalue weighted by Crippen LogP contribution is 2.34. The van der Waals surface area contributed by atoms with Crippen LogP contribution in [0.4, 0.5) is 0 Å². The van der Waals surface area contributed by atoms with Gasteiger partial charge in [-0.25, -0.2) is 0 Å². The summed E-state index contributed by atoms with van der Waals surface area (Å²) in [5.41, 5.74) is 0. The summed E-state index contributed by atoms with van der Waals surface area (Å²) in [7, 11) is 0. The first-order valence-corrected chi connectivity index (χ1v) is 5.68. The van der Waals surface area contributed by atoms with Gasteiger partial charge in [-0.2, -0.15) is 0 Å². The molecule has 1 aliphatic rings. The Morgan fingerprint density at radius 3 is 2.93 bits per heavy atom. The molecule has 1 amide bonds. The van der Waals surface area contributed by atoms with Crippen molar-refractivity contribution < 1.29 is 9.90 Å². The number of carbonyl (C=O) groups excluding carboxylic acids is 1. The molecule has 1 fully saturated rings. The Morgan fingerprint density at radius 2 is 2.29 bits per heavy atom. The molecule has 1 rings (SSSR count). The number of unbranched alkanes of at least 4 members (excludes halogenated alkanes) is 1. The molecule has 0 saturated heterocycles. The zero-order valence-corrected chi connectivity index (χ0v) is 8.96. The van der Waals surface area contributed by atoms with E-state index >= 15 is 0 Å². The molecule has 2 N–H and O–H groups in total. The van der Waals surface area contributed by atoms with E-state index in [0.717, 1.165) is 18.8 Å². The predicted octanol–water partition coefficient (Wildman–Crippen LogP) is 1.45. The van der Waals surface area contributed by atoms with Crippen LogP contribution < -0.4 is 5.32 Å². The van der Waals surface area contributed by atoms with Crippen LogP contribution in [0, 0.1) is 5.92 Å². The summed E-state index contributed by atoms with van der Waals surface area (Å²) in [6.45, 7) is 2.37. The maximum Gasteiger partial charge on any atom is 0.220 e. The lowest BCUT2D eigenvalue weighted by Gasteiger charge is -2.03. The van der Waals surface area contributed by atoms with Gasteiger partial charge in [0.1, 0.15) is 0 Å². The quantitative estimate of drug-likeness (QED) is 0.610. The fraction of sp³-hybridized carbons (Fsp3) is 0.909. The Labute approximate surface area is 85.9 Å². The summed E-state index contributed by atoms with van der Waals surface area (Å²) in [4.78, 5) is 11.3. The van der Waals surface area contributed by atoms with E-state index in [4.69, 9.17) is 5.11 Å². The van der Waals surface area contributed by atoms with Crippen molar-refractivity contribution in [2.45, 2.75) is 51.5 Å². The van der Waals surface area contributed by atoms with Gasteiger partial charge in [-0.15, -0.1) is 0 Å². The summed E-state index contributed by atoms with van der Waals surface area (Å²) in [6.07, 6.45) is 5.71. The SMILES string of the molecule is CCCC1CC1NC(=O)CCCCO. The van der Waals surface area contributed by atoms with E-state index in [1.165, 1.54) is 19.3 Å². The molecule has 3 nitrogen and oxygen atoms in total. The molecule has 0 aromatic rings. The van der Waals surface area contributed by atoms with Crippen molar-refractivity contribution in [2.24, 2.45) is 5.92 Å². The lowest BCUT2D eigenvalue weighted by Crippen LogP contribution is -2.26. The van der Waals surface area contributed by atoms with Gasteiger partial charge in [0.25, 0.3) is 0 Å². The number of amides is 1. The van der Waals surface area contributed by atoms with E-state index in [0.29, 0.717) is 12.5 Å². The number of nitrogens with one attached hydrogen (secondary N) is 1. The van der Waals surface area contributed by atoms with Crippen LogP contribution in [0.5, 0.6) is 0 Å². The molecule has 0 radical (unpaired) electrons. The van der Waals surface area contributed by atoms with Crippen LogP contribution in [-0.4, -0.2) is 23.7 Å². The highest BCUT2D eigenvalue weighted by atomic mass is 16.2. The number of aliphatic hydroxyl groups is 1. The fourth-order valence-corrected chi connectivity index (χ4v) is 1.79. The van der Waals surface area contributed by atoms with Crippen molar-refractivity contribution in [1.82, 2.24) is 5.32 Å². The molecule has 0 bridgehead atoms. The van der Waals surface area contributed by atoms with Gasteiger partial charge in [0, 0.05) is 19.1 Å². The van der Waals surface area contributed by atoms with Crippen LogP contribution in [0.15, 0.2) is 0 Å². The van der Waals surface area contributed by atoms with E-state index in [2.05, 4.69) is 12.2 Å². The molecular weight excluding hydrogens is 178 g/mol. The third-order valence-electron chi connectivity index (χ3n) is 2.74. The van der Waals surface area contributed by atoms with Gasteiger partial charge in [-0.05, 0) is 31.6 Å². The molecule has 0 heterocycles. The number of hydrogen-bond donors (Lipinski definition) is 2. The van der Waals surface area contributed by atoms with E-state index in [9.17, 15) is 4.79 Å². The molecule has 0 spiro atoms. The van der Waals surface area contributed by atoms with Gasteiger partial charge >= 0.3 is 0 Å². The molecule has 2 atom stereocenters. The summed E-state index contributed by atoms with van der Waals surface area (Å²) >= 11 is 0. The highest BCUT2D eigenvalue weighted by Gasteiger charge is 2.36. The Morgan fingerprint density at radius 1 is 1.50 bits per heavy atom. The van der Waals surface area contributed by atoms with Crippen molar-refractivity contribution in [2.75, 3.05) is 6.61 Å². The first-order chi connectivity index (χ1) is 6.77. The van der Waals surface area contributed by atoms with Gasteiger partial charge in [0.15, 0.2) is 0 Å². The van der Waals surface area contributed by atoms with Crippen molar-refractivity contribution in [3.8, 4) is 0 Å². The van der Waals surface area contributed by atoms with E-state index in [1.807, 2.05) is 0 Å². The summed E-state index contributed by atoms with van der Waals surface area (Å²) in [5.74, 6) is 0.892. The maximum atomic E-state index is 11.3. The average molecular weight is 199 g/mol. The standard InChI is InChI=1S/C11H21NO2/c1-2-5-9-8-10(9)12-11(14)6-3-4-7-13/h9-10,13H,2-8H2,1H3,(H,12,14). The van der Waals surface area contributed by atoms with Crippen LogP contribution >= 0.6 is 0 Å². The fourth-order valence-electron chi connectivity index (χ4n) is 1.79. The van der Waals surface area contributed by atoms with Crippen molar-refractivity contribution in [3.05, 3.63) is 0 Å². The second kappa shape index (κ2) is 6.02. The predicted molar refractivity (Wildman–Crippen MR) is 55.9 cm³/mol. The van der Waals surface area contributed by atoms with Crippen molar-refractivity contribution in [1.29, 1.82) is 0 Å². The van der Waals surface area contributed by atoms with Crippen LogP contribution in [-0.2, 0) is 4.79 Å². The van der Waals surface area contributed by atoms with Crippen molar-refractivity contribution in [3.63, 3.8) is 0 Å².